The van der Waals surface area contributed by atoms with E-state index in [1.807, 2.05) is 0 Å². The van der Waals surface area contributed by atoms with Gasteiger partial charge < -0.3 is 9.47 Å². The number of halogens is 2. The van der Waals surface area contributed by atoms with Gasteiger partial charge in [-0.25, -0.2) is 37.7 Å². The summed E-state index contributed by atoms with van der Waals surface area (Å²) in [4.78, 5) is 31.0. The van der Waals surface area contributed by atoms with Crippen molar-refractivity contribution in [2.45, 2.75) is 27.7 Å². The van der Waals surface area contributed by atoms with Crippen LogP contribution in [0, 0.1) is 25.5 Å². The van der Waals surface area contributed by atoms with Gasteiger partial charge in [-0.1, -0.05) is 0 Å². The lowest BCUT2D eigenvalue weighted by atomic mass is 10.3. The fraction of sp³-hybridized carbons (Fsp3) is 0.250. The molecule has 0 fully saturated rings. The van der Waals surface area contributed by atoms with Crippen LogP contribution < -0.4 is 0 Å². The molecule has 36 heavy (non-hydrogen) atoms. The Hall–Kier alpha value is -4.48. The van der Waals surface area contributed by atoms with Gasteiger partial charge in [-0.3, -0.25) is 0 Å². The molecule has 2 aromatic carbocycles. The predicted molar refractivity (Wildman–Crippen MR) is 124 cm³/mol. The van der Waals surface area contributed by atoms with Crippen LogP contribution in [0.2, 0.25) is 0 Å². The van der Waals surface area contributed by atoms with E-state index in [0.29, 0.717) is 23.0 Å². The number of aromatic nitrogens is 6. The lowest BCUT2D eigenvalue weighted by Crippen LogP contribution is -2.07. The quantitative estimate of drug-likeness (QED) is 0.369. The van der Waals surface area contributed by atoms with Gasteiger partial charge in [0.05, 0.1) is 24.6 Å². The molecule has 188 valence electrons. The van der Waals surface area contributed by atoms with E-state index >= 15 is 0 Å². The van der Waals surface area contributed by atoms with Crippen molar-refractivity contribution in [1.82, 2.24) is 29.5 Å². The minimum Gasteiger partial charge on any atom is -0.460 e. The highest BCUT2D eigenvalue weighted by Crippen LogP contribution is 2.12. The summed E-state index contributed by atoms with van der Waals surface area (Å²) in [7, 11) is 0. The lowest BCUT2D eigenvalue weighted by molar-refractivity contribution is 0.0503. The molecule has 0 aliphatic carbocycles. The highest BCUT2D eigenvalue weighted by atomic mass is 19.1. The molecular formula is C24H24F2N6O4. The maximum atomic E-state index is 12.8. The second kappa shape index (κ2) is 11.8. The van der Waals surface area contributed by atoms with Crippen LogP contribution in [0.4, 0.5) is 8.78 Å². The van der Waals surface area contributed by atoms with Gasteiger partial charge in [0.25, 0.3) is 11.6 Å². The molecule has 0 spiro atoms. The molecule has 12 heteroatoms. The molecule has 0 atom stereocenters. The van der Waals surface area contributed by atoms with E-state index in [-0.39, 0.29) is 36.5 Å². The number of nitrogens with zero attached hydrogens (tertiary/aromatic N) is 6. The maximum absolute atomic E-state index is 12.8. The van der Waals surface area contributed by atoms with Crippen LogP contribution in [0.15, 0.2) is 48.5 Å². The molecule has 0 unspecified atom stereocenters. The average Bonchev–Trinajstić information content (AvgIpc) is 3.44. The Morgan fingerprint density at radius 3 is 1.33 bits per heavy atom. The number of aryl methyl sites for hydroxylation is 2. The van der Waals surface area contributed by atoms with Crippen molar-refractivity contribution >= 4 is 11.9 Å². The first-order valence-corrected chi connectivity index (χ1v) is 11.0. The first-order chi connectivity index (χ1) is 17.2. The molecule has 0 saturated heterocycles. The number of rotatable bonds is 6. The van der Waals surface area contributed by atoms with Crippen LogP contribution >= 0.6 is 0 Å². The number of benzene rings is 2. The van der Waals surface area contributed by atoms with Crippen molar-refractivity contribution in [3.05, 3.63) is 83.5 Å². The lowest BCUT2D eigenvalue weighted by Gasteiger charge is -2.01. The van der Waals surface area contributed by atoms with E-state index < -0.39 is 11.9 Å². The van der Waals surface area contributed by atoms with E-state index in [1.54, 1.807) is 52.0 Å². The number of hydrogen-bond acceptors (Lipinski definition) is 8. The minimum atomic E-state index is -0.568. The molecule has 2 heterocycles. The van der Waals surface area contributed by atoms with Crippen molar-refractivity contribution in [1.29, 1.82) is 0 Å². The summed E-state index contributed by atoms with van der Waals surface area (Å²) in [5.74, 6) is -0.737. The molecule has 0 N–H and O–H groups in total. The zero-order chi connectivity index (χ0) is 26.2. The third kappa shape index (κ3) is 6.34. The second-order valence-corrected chi connectivity index (χ2v) is 7.18. The number of esters is 2. The molecule has 0 radical (unpaired) electrons. The third-order valence-corrected chi connectivity index (χ3v) is 4.60. The molecule has 0 aliphatic heterocycles. The Labute approximate surface area is 205 Å². The zero-order valence-corrected chi connectivity index (χ0v) is 20.1. The molecule has 0 aliphatic rings. The van der Waals surface area contributed by atoms with Gasteiger partial charge in [0.1, 0.15) is 23.3 Å². The summed E-state index contributed by atoms with van der Waals surface area (Å²) in [5.41, 5.74) is 1.27. The number of hydrogen-bond donors (Lipinski definition) is 0. The van der Waals surface area contributed by atoms with Crippen molar-refractivity contribution in [3.8, 4) is 11.4 Å². The monoisotopic (exact) mass is 498 g/mol. The van der Waals surface area contributed by atoms with Crippen molar-refractivity contribution in [2.24, 2.45) is 0 Å². The summed E-state index contributed by atoms with van der Waals surface area (Å²) in [6, 6.07) is 11.5. The van der Waals surface area contributed by atoms with Crippen LogP contribution in [-0.4, -0.2) is 54.7 Å². The number of ether oxygens (including phenoxy) is 2. The normalized spacial score (nSPS) is 10.4. The fourth-order valence-corrected chi connectivity index (χ4v) is 3.00. The summed E-state index contributed by atoms with van der Waals surface area (Å²) in [6.07, 6.45) is 0. The van der Waals surface area contributed by atoms with Crippen molar-refractivity contribution in [2.75, 3.05) is 13.2 Å². The van der Waals surface area contributed by atoms with E-state index in [1.165, 1.54) is 33.6 Å². The average molecular weight is 498 g/mol. The molecular weight excluding hydrogens is 474 g/mol. The van der Waals surface area contributed by atoms with Crippen LogP contribution in [0.25, 0.3) is 11.4 Å². The van der Waals surface area contributed by atoms with Gasteiger partial charge in [0.15, 0.2) is 0 Å². The maximum Gasteiger partial charge on any atom is 0.378 e. The molecule has 0 bridgehead atoms. The van der Waals surface area contributed by atoms with Crippen molar-refractivity contribution in [3.63, 3.8) is 0 Å². The fourth-order valence-electron chi connectivity index (χ4n) is 3.00. The van der Waals surface area contributed by atoms with E-state index in [0.717, 1.165) is 0 Å². The Kier molecular flexibility index (Phi) is 8.55. The SMILES string of the molecule is CCOC(=O)c1nc(C)n(-c2ccc(F)cc2)n1.CCOC(=O)c1nc(C)n(-c2ccc(F)cc2)n1. The van der Waals surface area contributed by atoms with Crippen LogP contribution in [0.1, 0.15) is 46.7 Å². The number of carbonyl (C=O) groups is 2. The Bertz CT molecular complexity index is 1230. The summed E-state index contributed by atoms with van der Waals surface area (Å²) < 4.78 is 38.2. The molecule has 4 aromatic rings. The van der Waals surface area contributed by atoms with Gasteiger partial charge in [-0.15, -0.1) is 10.2 Å². The van der Waals surface area contributed by atoms with Crippen LogP contribution in [0.3, 0.4) is 0 Å². The third-order valence-electron chi connectivity index (χ3n) is 4.60. The van der Waals surface area contributed by atoms with E-state index in [4.69, 9.17) is 9.47 Å². The highest BCUT2D eigenvalue weighted by molar-refractivity contribution is 5.85. The van der Waals surface area contributed by atoms with Gasteiger partial charge in [0.2, 0.25) is 0 Å². The summed E-state index contributed by atoms with van der Waals surface area (Å²) >= 11 is 0. The second-order valence-electron chi connectivity index (χ2n) is 7.18. The molecule has 10 nitrogen and oxygen atoms in total. The molecule has 0 saturated carbocycles. The zero-order valence-electron chi connectivity index (χ0n) is 20.1. The van der Waals surface area contributed by atoms with Gasteiger partial charge in [-0.05, 0) is 76.2 Å². The van der Waals surface area contributed by atoms with Crippen LogP contribution in [0.5, 0.6) is 0 Å². The Morgan fingerprint density at radius 1 is 0.694 bits per heavy atom. The van der Waals surface area contributed by atoms with Gasteiger partial charge in [0, 0.05) is 0 Å². The smallest absolute Gasteiger partial charge is 0.378 e. The van der Waals surface area contributed by atoms with Gasteiger partial charge >= 0.3 is 11.9 Å². The van der Waals surface area contributed by atoms with E-state index in [9.17, 15) is 18.4 Å². The van der Waals surface area contributed by atoms with Crippen molar-refractivity contribution < 1.29 is 27.8 Å². The largest absolute Gasteiger partial charge is 0.460 e. The first kappa shape index (κ1) is 26.1. The predicted octanol–water partition coefficient (Wildman–Crippen LogP) is 3.78. The summed E-state index contributed by atoms with van der Waals surface area (Å²) in [5, 5.41) is 8.07. The van der Waals surface area contributed by atoms with E-state index in [2.05, 4.69) is 20.2 Å². The summed E-state index contributed by atoms with van der Waals surface area (Å²) in [6.45, 7) is 7.37. The van der Waals surface area contributed by atoms with Crippen LogP contribution in [-0.2, 0) is 9.47 Å². The molecule has 4 rings (SSSR count). The standard InChI is InChI=1S/2C12H12FN3O2/c2*1-3-18-12(17)11-14-8(2)16(15-11)10-6-4-9(13)5-7-10/h2*4-7H,3H2,1-2H3. The highest BCUT2D eigenvalue weighted by Gasteiger charge is 2.17. The molecule has 0 amide bonds. The Balaban J connectivity index is 0.000000201. The number of carbonyl (C=O) groups excluding carboxylic acids is 2. The minimum absolute atomic E-state index is 0.00123. The Morgan fingerprint density at radius 2 is 1.03 bits per heavy atom. The van der Waals surface area contributed by atoms with Gasteiger partial charge in [-0.2, -0.15) is 0 Å². The topological polar surface area (TPSA) is 114 Å². The molecule has 2 aromatic heterocycles. The first-order valence-electron chi connectivity index (χ1n) is 11.0.